The molecule has 1 heterocycles. The molecule has 1 aromatic heterocycles. The van der Waals surface area contributed by atoms with Gasteiger partial charge in [0.05, 0.1) is 22.0 Å². The third-order valence-electron chi connectivity index (χ3n) is 4.24. The van der Waals surface area contributed by atoms with E-state index in [1.165, 1.54) is 0 Å². The van der Waals surface area contributed by atoms with Crippen LogP contribution in [0.2, 0.25) is 10.0 Å². The summed E-state index contributed by atoms with van der Waals surface area (Å²) in [5.41, 5.74) is 2.31. The number of carbonyl (C=O) groups excluding carboxylic acids is 1. The maximum atomic E-state index is 12.4. The number of rotatable bonds is 8. The second kappa shape index (κ2) is 10.1. The molecule has 29 heavy (non-hydrogen) atoms. The topological polar surface area (TPSA) is 72.2 Å². The lowest BCUT2D eigenvalue weighted by molar-refractivity contribution is -0.118. The van der Waals surface area contributed by atoms with E-state index >= 15 is 0 Å². The Labute approximate surface area is 181 Å². The number of oxazole rings is 1. The number of hydrogen-bond acceptors (Lipinski definition) is 4. The SMILES string of the molecule is Cc1oc(-c2ccccc2Cl)nc1C[S@](=O)CC(=O)NCCc1ccc(Cl)cc1. The molecule has 0 radical (unpaired) electrons. The second-order valence-corrected chi connectivity index (χ2v) is 8.76. The van der Waals surface area contributed by atoms with Crippen molar-refractivity contribution in [2.24, 2.45) is 0 Å². The van der Waals surface area contributed by atoms with E-state index in [0.29, 0.717) is 45.9 Å². The second-order valence-electron chi connectivity index (χ2n) is 6.46. The Bertz CT molecular complexity index is 1020. The summed E-state index contributed by atoms with van der Waals surface area (Å²) in [6.07, 6.45) is 0.680. The van der Waals surface area contributed by atoms with Gasteiger partial charge in [-0.15, -0.1) is 0 Å². The first-order valence-corrected chi connectivity index (χ1v) is 11.2. The van der Waals surface area contributed by atoms with Crippen LogP contribution in [-0.2, 0) is 27.8 Å². The van der Waals surface area contributed by atoms with Crippen molar-refractivity contribution >= 4 is 39.9 Å². The van der Waals surface area contributed by atoms with Crippen LogP contribution in [0.15, 0.2) is 52.9 Å². The predicted molar refractivity (Wildman–Crippen MR) is 117 cm³/mol. The highest BCUT2D eigenvalue weighted by molar-refractivity contribution is 7.84. The Hall–Kier alpha value is -2.15. The lowest BCUT2D eigenvalue weighted by atomic mass is 10.1. The van der Waals surface area contributed by atoms with E-state index in [-0.39, 0.29) is 17.4 Å². The average molecular weight is 451 g/mol. The smallest absolute Gasteiger partial charge is 0.232 e. The van der Waals surface area contributed by atoms with E-state index in [1.54, 1.807) is 13.0 Å². The minimum atomic E-state index is -1.40. The molecule has 1 N–H and O–H groups in total. The molecule has 1 atom stereocenters. The molecule has 0 saturated heterocycles. The monoisotopic (exact) mass is 450 g/mol. The lowest BCUT2D eigenvalue weighted by Gasteiger charge is -2.05. The maximum Gasteiger partial charge on any atom is 0.232 e. The summed E-state index contributed by atoms with van der Waals surface area (Å²) in [7, 11) is -1.40. The first kappa shape index (κ1) is 21.6. The van der Waals surface area contributed by atoms with Crippen molar-refractivity contribution in [1.82, 2.24) is 10.3 Å². The lowest BCUT2D eigenvalue weighted by Crippen LogP contribution is -2.30. The third kappa shape index (κ3) is 6.16. The van der Waals surface area contributed by atoms with Gasteiger partial charge < -0.3 is 9.73 Å². The molecule has 0 spiro atoms. The third-order valence-corrected chi connectivity index (χ3v) is 6.00. The zero-order valence-electron chi connectivity index (χ0n) is 15.8. The van der Waals surface area contributed by atoms with E-state index in [2.05, 4.69) is 10.3 Å². The molecule has 0 aliphatic heterocycles. The summed E-state index contributed by atoms with van der Waals surface area (Å²) in [5, 5.41) is 3.99. The largest absolute Gasteiger partial charge is 0.441 e. The Morgan fingerprint density at radius 1 is 1.14 bits per heavy atom. The molecule has 0 aliphatic carbocycles. The van der Waals surface area contributed by atoms with Crippen LogP contribution < -0.4 is 5.32 Å². The molecule has 0 aliphatic rings. The van der Waals surface area contributed by atoms with E-state index in [4.69, 9.17) is 27.6 Å². The molecule has 0 saturated carbocycles. The van der Waals surface area contributed by atoms with E-state index in [1.807, 2.05) is 42.5 Å². The zero-order valence-corrected chi connectivity index (χ0v) is 18.1. The normalized spacial score (nSPS) is 12.0. The fourth-order valence-electron chi connectivity index (χ4n) is 2.71. The molecule has 2 aromatic carbocycles. The van der Waals surface area contributed by atoms with Gasteiger partial charge in [0.2, 0.25) is 11.8 Å². The molecule has 0 fully saturated rings. The molecule has 1 amide bonds. The van der Waals surface area contributed by atoms with Crippen LogP contribution in [0, 0.1) is 6.92 Å². The van der Waals surface area contributed by atoms with Crippen LogP contribution in [0.3, 0.4) is 0 Å². The summed E-state index contributed by atoms with van der Waals surface area (Å²) >= 11 is 12.0. The highest BCUT2D eigenvalue weighted by atomic mass is 35.5. The van der Waals surface area contributed by atoms with Crippen LogP contribution in [0.1, 0.15) is 17.0 Å². The number of carbonyl (C=O) groups is 1. The number of halogens is 2. The first-order valence-electron chi connectivity index (χ1n) is 8.99. The molecule has 5 nitrogen and oxygen atoms in total. The van der Waals surface area contributed by atoms with Gasteiger partial charge in [-0.2, -0.15) is 0 Å². The summed E-state index contributed by atoms with van der Waals surface area (Å²) in [4.78, 5) is 16.5. The van der Waals surface area contributed by atoms with Crippen LogP contribution in [0.4, 0.5) is 0 Å². The van der Waals surface area contributed by atoms with Gasteiger partial charge in [-0.1, -0.05) is 47.5 Å². The van der Waals surface area contributed by atoms with Crippen molar-refractivity contribution in [3.8, 4) is 11.5 Å². The van der Waals surface area contributed by atoms with Gasteiger partial charge >= 0.3 is 0 Å². The van der Waals surface area contributed by atoms with Crippen LogP contribution in [0.25, 0.3) is 11.5 Å². The summed E-state index contributed by atoms with van der Waals surface area (Å²) in [6, 6.07) is 14.7. The fourth-order valence-corrected chi connectivity index (χ4v) is 4.12. The van der Waals surface area contributed by atoms with Crippen molar-refractivity contribution in [3.05, 3.63) is 75.6 Å². The molecule has 152 valence electrons. The number of hydrogen-bond donors (Lipinski definition) is 1. The highest BCUT2D eigenvalue weighted by Gasteiger charge is 2.17. The van der Waals surface area contributed by atoms with Gasteiger partial charge in [-0.3, -0.25) is 9.00 Å². The van der Waals surface area contributed by atoms with Crippen molar-refractivity contribution in [1.29, 1.82) is 0 Å². The molecule has 3 aromatic rings. The molecular weight excluding hydrogens is 431 g/mol. The quantitative estimate of drug-likeness (QED) is 0.545. The summed E-state index contributed by atoms with van der Waals surface area (Å²) in [6.45, 7) is 2.23. The van der Waals surface area contributed by atoms with Crippen LogP contribution in [-0.4, -0.2) is 27.4 Å². The minimum absolute atomic E-state index is 0.0889. The van der Waals surface area contributed by atoms with Crippen molar-refractivity contribution in [2.75, 3.05) is 12.3 Å². The van der Waals surface area contributed by atoms with Crippen molar-refractivity contribution in [3.63, 3.8) is 0 Å². The highest BCUT2D eigenvalue weighted by Crippen LogP contribution is 2.28. The Morgan fingerprint density at radius 3 is 2.59 bits per heavy atom. The van der Waals surface area contributed by atoms with Gasteiger partial charge in [0, 0.05) is 22.4 Å². The van der Waals surface area contributed by atoms with Gasteiger partial charge in [0.15, 0.2) is 0 Å². The Kier molecular flexibility index (Phi) is 7.47. The fraction of sp³-hybridized carbons (Fsp3) is 0.238. The van der Waals surface area contributed by atoms with Crippen molar-refractivity contribution in [2.45, 2.75) is 19.1 Å². The van der Waals surface area contributed by atoms with Crippen LogP contribution >= 0.6 is 23.2 Å². The summed E-state index contributed by atoms with van der Waals surface area (Å²) < 4.78 is 18.1. The number of aromatic nitrogens is 1. The molecule has 3 rings (SSSR count). The number of nitrogens with zero attached hydrogens (tertiary/aromatic N) is 1. The number of benzene rings is 2. The van der Waals surface area contributed by atoms with Gasteiger partial charge in [-0.25, -0.2) is 4.98 Å². The maximum absolute atomic E-state index is 12.4. The molecule has 0 unspecified atom stereocenters. The molecule has 0 bridgehead atoms. The first-order chi connectivity index (χ1) is 13.9. The number of aryl methyl sites for hydroxylation is 1. The Balaban J connectivity index is 1.50. The predicted octanol–water partition coefficient (Wildman–Crippen LogP) is 4.56. The average Bonchev–Trinajstić information content (AvgIpc) is 3.03. The standard InChI is InChI=1S/C21H20Cl2N2O3S/c1-14-19(25-21(28-14)17-4-2-3-5-18(17)23)12-29(27)13-20(26)24-11-10-15-6-8-16(22)9-7-15/h2-9H,10-13H2,1H3,(H,24,26)/t29-/m0/s1. The molecular formula is C21H20Cl2N2O3S. The minimum Gasteiger partial charge on any atom is -0.441 e. The van der Waals surface area contributed by atoms with Crippen molar-refractivity contribution < 1.29 is 13.4 Å². The van der Waals surface area contributed by atoms with Gasteiger partial charge in [0.1, 0.15) is 11.5 Å². The van der Waals surface area contributed by atoms with Crippen LogP contribution in [0.5, 0.6) is 0 Å². The number of amides is 1. The zero-order chi connectivity index (χ0) is 20.8. The molecule has 8 heteroatoms. The van der Waals surface area contributed by atoms with E-state index in [0.717, 1.165) is 5.56 Å². The van der Waals surface area contributed by atoms with Gasteiger partial charge in [-0.05, 0) is 43.2 Å². The number of nitrogens with one attached hydrogen (secondary N) is 1. The summed E-state index contributed by atoms with van der Waals surface area (Å²) in [5.74, 6) is 0.743. The Morgan fingerprint density at radius 2 is 1.86 bits per heavy atom. The van der Waals surface area contributed by atoms with E-state index < -0.39 is 10.8 Å². The van der Waals surface area contributed by atoms with E-state index in [9.17, 15) is 9.00 Å². The van der Waals surface area contributed by atoms with Gasteiger partial charge in [0.25, 0.3) is 0 Å².